The Morgan fingerprint density at radius 3 is 2.82 bits per heavy atom. The molecule has 0 bridgehead atoms. The molecule has 3 N–H and O–H groups in total. The van der Waals surface area contributed by atoms with E-state index in [2.05, 4.69) is 70.2 Å². The van der Waals surface area contributed by atoms with Gasteiger partial charge in [0.25, 0.3) is 12.4 Å². The molecule has 0 aliphatic carbocycles. The van der Waals surface area contributed by atoms with E-state index in [0.717, 1.165) is 121 Å². The molecular weight excluding hydrogens is 717 g/mol. The minimum atomic E-state index is -0.663. The van der Waals surface area contributed by atoms with Gasteiger partial charge in [0, 0.05) is 92.2 Å². The van der Waals surface area contributed by atoms with Crippen molar-refractivity contribution >= 4 is 40.3 Å². The van der Waals surface area contributed by atoms with Gasteiger partial charge in [-0.05, 0) is 56.9 Å². The summed E-state index contributed by atoms with van der Waals surface area (Å²) in [7, 11) is 1.73. The van der Waals surface area contributed by atoms with Crippen LogP contribution >= 0.6 is 11.3 Å². The Morgan fingerprint density at radius 1 is 1.20 bits per heavy atom. The minimum absolute atomic E-state index is 0.0944. The van der Waals surface area contributed by atoms with E-state index < -0.39 is 6.04 Å². The summed E-state index contributed by atoms with van der Waals surface area (Å²) in [5.41, 5.74) is 17.4. The van der Waals surface area contributed by atoms with Crippen LogP contribution in [-0.2, 0) is 43.2 Å². The molecule has 0 radical (unpaired) electrons. The van der Waals surface area contributed by atoms with Gasteiger partial charge >= 0.3 is 0 Å². The van der Waals surface area contributed by atoms with E-state index in [9.17, 15) is 9.59 Å². The molecule has 3 fully saturated rings. The number of nitrogens with zero attached hydrogens (tertiary/aromatic N) is 6. The van der Waals surface area contributed by atoms with Gasteiger partial charge in [-0.2, -0.15) is 0 Å². The third-order valence-corrected chi connectivity index (χ3v) is 12.2. The smallest absolute Gasteiger partial charge is 0.293 e. The largest absolute Gasteiger partial charge is 0.467 e. The van der Waals surface area contributed by atoms with Gasteiger partial charge in [0.05, 0.1) is 72.0 Å². The molecule has 4 aromatic rings. The summed E-state index contributed by atoms with van der Waals surface area (Å²) in [5.74, 6) is -0.0944. The number of morpholine rings is 1. The van der Waals surface area contributed by atoms with Gasteiger partial charge < -0.3 is 29.4 Å². The maximum atomic E-state index is 13.0. The topological polar surface area (TPSA) is 140 Å². The fraction of sp³-hybridized carbons (Fsp3) is 0.561. The number of nitrogens with two attached hydrogens (primary N) is 1. The molecule has 13 nitrogen and oxygen atoms in total. The summed E-state index contributed by atoms with van der Waals surface area (Å²) in [6, 6.07) is 8.54. The third-order valence-electron chi connectivity index (χ3n) is 11.3. The number of hydrazine groups is 1. The average Bonchev–Trinajstić information content (AvgIpc) is 3.80. The van der Waals surface area contributed by atoms with E-state index in [-0.39, 0.29) is 24.0 Å². The van der Waals surface area contributed by atoms with Gasteiger partial charge in [0.15, 0.2) is 0 Å². The zero-order valence-electron chi connectivity index (χ0n) is 32.9. The maximum absolute atomic E-state index is 13.0. The van der Waals surface area contributed by atoms with Gasteiger partial charge in [-0.1, -0.05) is 19.9 Å². The fourth-order valence-corrected chi connectivity index (χ4v) is 9.18. The number of pyridine rings is 1. The Balaban J connectivity index is 1.30. The molecule has 14 heteroatoms. The van der Waals surface area contributed by atoms with Gasteiger partial charge in [0.2, 0.25) is 0 Å². The maximum Gasteiger partial charge on any atom is 0.293 e. The molecule has 0 unspecified atom stereocenters. The number of piperazine rings is 1. The second-order valence-electron chi connectivity index (χ2n) is 15.8. The molecule has 55 heavy (non-hydrogen) atoms. The van der Waals surface area contributed by atoms with Crippen molar-refractivity contribution in [3.8, 4) is 22.5 Å². The van der Waals surface area contributed by atoms with Gasteiger partial charge in [0.1, 0.15) is 0 Å². The Hall–Kier alpha value is -3.92. The molecular formula is C41H56N8O5S. The number of amides is 1. The molecule has 0 spiro atoms. The van der Waals surface area contributed by atoms with E-state index in [1.54, 1.807) is 12.1 Å². The van der Waals surface area contributed by atoms with Crippen LogP contribution in [0.25, 0.3) is 33.4 Å². The summed E-state index contributed by atoms with van der Waals surface area (Å²) in [6.45, 7) is 16.8. The van der Waals surface area contributed by atoms with Crippen molar-refractivity contribution < 1.29 is 23.8 Å². The van der Waals surface area contributed by atoms with E-state index in [1.165, 1.54) is 11.3 Å². The normalized spacial score (nSPS) is 19.3. The summed E-state index contributed by atoms with van der Waals surface area (Å²) in [6.07, 6.45) is 4.80. The number of carbonyl (C=O) groups excluding carboxylic acids is 2. The molecule has 3 saturated heterocycles. The van der Waals surface area contributed by atoms with Crippen LogP contribution in [0.4, 0.5) is 5.69 Å². The van der Waals surface area contributed by atoms with E-state index in [4.69, 9.17) is 29.9 Å². The van der Waals surface area contributed by atoms with Crippen LogP contribution < -0.4 is 16.1 Å². The molecule has 3 aromatic heterocycles. The molecule has 3 aliphatic heterocycles. The quantitative estimate of drug-likeness (QED) is 0.171. The first-order valence-corrected chi connectivity index (χ1v) is 20.5. The van der Waals surface area contributed by atoms with Crippen molar-refractivity contribution in [1.82, 2.24) is 29.9 Å². The first-order chi connectivity index (χ1) is 26.6. The molecule has 0 saturated carbocycles. The Morgan fingerprint density at radius 2 is 2.05 bits per heavy atom. The fourth-order valence-electron chi connectivity index (χ4n) is 8.32. The van der Waals surface area contributed by atoms with Gasteiger partial charge in [-0.3, -0.25) is 24.5 Å². The van der Waals surface area contributed by atoms with Crippen LogP contribution in [0.15, 0.2) is 35.8 Å². The lowest BCUT2D eigenvalue weighted by Crippen LogP contribution is -2.58. The highest BCUT2D eigenvalue weighted by atomic mass is 32.1. The monoisotopic (exact) mass is 772 g/mol. The molecule has 1 aromatic carbocycles. The number of hydrogen-bond acceptors (Lipinski definition) is 12. The zero-order chi connectivity index (χ0) is 38.7. The number of thiazole rings is 1. The summed E-state index contributed by atoms with van der Waals surface area (Å²) < 4.78 is 19.6. The predicted molar refractivity (Wildman–Crippen MR) is 216 cm³/mol. The van der Waals surface area contributed by atoms with Crippen LogP contribution in [0.5, 0.6) is 0 Å². The third kappa shape index (κ3) is 8.45. The van der Waals surface area contributed by atoms with Crippen molar-refractivity contribution in [3.05, 3.63) is 52.1 Å². The SMILES string of the molecule is CCn1c(-c2cc(N3CCN4CCOC[C@@H]4C3)cnc2[C@H](C)OC)c(CC(C)(C)COC=O)c2cc(-c3csc(C[C@H](N)C(=O)N4CCCCN4)n3)ccc21. The van der Waals surface area contributed by atoms with E-state index >= 15 is 0 Å². The van der Waals surface area contributed by atoms with Crippen LogP contribution in [0, 0.1) is 5.41 Å². The van der Waals surface area contributed by atoms with Gasteiger partial charge in [-0.15, -0.1) is 11.3 Å². The lowest BCUT2D eigenvalue weighted by molar-refractivity contribution is -0.137. The number of aromatic nitrogens is 3. The van der Waals surface area contributed by atoms with Crippen molar-refractivity contribution in [2.75, 3.05) is 71.1 Å². The molecule has 6 heterocycles. The van der Waals surface area contributed by atoms with Crippen LogP contribution in [-0.4, -0.2) is 115 Å². The number of anilines is 1. The van der Waals surface area contributed by atoms with Crippen molar-refractivity contribution in [1.29, 1.82) is 0 Å². The molecule has 3 aliphatic rings. The highest BCUT2D eigenvalue weighted by Gasteiger charge is 2.33. The Labute approximate surface area is 328 Å². The predicted octanol–water partition coefficient (Wildman–Crippen LogP) is 4.81. The highest BCUT2D eigenvalue weighted by Crippen LogP contribution is 2.43. The van der Waals surface area contributed by atoms with Crippen molar-refractivity contribution in [2.45, 2.75) is 78.1 Å². The van der Waals surface area contributed by atoms with Crippen molar-refractivity contribution in [3.63, 3.8) is 0 Å². The molecule has 3 atom stereocenters. The number of benzene rings is 1. The van der Waals surface area contributed by atoms with Crippen LogP contribution in [0.1, 0.15) is 62.9 Å². The van der Waals surface area contributed by atoms with Crippen molar-refractivity contribution in [2.24, 2.45) is 11.1 Å². The van der Waals surface area contributed by atoms with Crippen LogP contribution in [0.3, 0.4) is 0 Å². The number of carbonyl (C=O) groups is 2. The van der Waals surface area contributed by atoms with Gasteiger partial charge in [-0.25, -0.2) is 10.4 Å². The molecule has 1 amide bonds. The van der Waals surface area contributed by atoms with E-state index in [0.29, 0.717) is 31.9 Å². The second kappa shape index (κ2) is 17.1. The number of hydrogen-bond donors (Lipinski definition) is 2. The molecule has 296 valence electrons. The Kier molecular flexibility index (Phi) is 12.2. The lowest BCUT2D eigenvalue weighted by atomic mass is 9.84. The summed E-state index contributed by atoms with van der Waals surface area (Å²) >= 11 is 1.53. The van der Waals surface area contributed by atoms with E-state index in [1.807, 2.05) is 13.1 Å². The lowest BCUT2D eigenvalue weighted by Gasteiger charge is -2.44. The number of ether oxygens (including phenoxy) is 3. The van der Waals surface area contributed by atoms with Crippen LogP contribution in [0.2, 0.25) is 0 Å². The summed E-state index contributed by atoms with van der Waals surface area (Å²) in [4.78, 5) is 39.5. The average molecular weight is 773 g/mol. The first kappa shape index (κ1) is 39.3. The number of nitrogens with one attached hydrogen (secondary N) is 1. The molecule has 7 rings (SSSR count). The number of fused-ring (bicyclic) bond motifs is 2. The highest BCUT2D eigenvalue weighted by molar-refractivity contribution is 7.10. The minimum Gasteiger partial charge on any atom is -0.467 e. The Bertz CT molecular complexity index is 1970. The number of aryl methyl sites for hydroxylation is 1. The number of methoxy groups -OCH3 is 1. The summed E-state index contributed by atoms with van der Waals surface area (Å²) in [5, 5.41) is 5.65. The standard InChI is InChI=1S/C41H56N8O5S/c1-6-48-36-10-9-28(35-24-55-37(45-35)19-34(42)40(51)49-12-8-7-11-44-49)17-31(36)33(20-41(3,4)25-54-26-50)39(48)32-18-29(21-43-38(32)27(2)52-5)47-14-13-46-15-16-53-23-30(46)22-47/h9-10,17-18,21,24,26-27,30,34,44H,6-8,11-16,19-20,22-23,25,42H2,1-5H3/t27-,30-,34-/m0/s1. The second-order valence-corrected chi connectivity index (χ2v) is 16.8. The number of rotatable bonds is 14. The zero-order valence-corrected chi connectivity index (χ0v) is 33.7. The first-order valence-electron chi connectivity index (χ1n) is 19.7.